The van der Waals surface area contributed by atoms with Crippen molar-refractivity contribution in [2.45, 2.75) is 24.4 Å². The molecule has 6 heteroatoms. The van der Waals surface area contributed by atoms with Gasteiger partial charge in [-0.25, -0.2) is 4.98 Å². The summed E-state index contributed by atoms with van der Waals surface area (Å²) in [5.41, 5.74) is 2.41. The van der Waals surface area contributed by atoms with Gasteiger partial charge in [0, 0.05) is 18.1 Å². The van der Waals surface area contributed by atoms with Crippen LogP contribution in [-0.2, 0) is 4.79 Å². The van der Waals surface area contributed by atoms with E-state index < -0.39 is 0 Å². The SMILES string of the molecule is C=CCSc1nc2c(c(=O)[nH]1)[C@H](c1ccc(C)cc1)CC(=O)N2. The molecule has 118 valence electrons. The first-order chi connectivity index (χ1) is 11.1. The predicted molar refractivity (Wildman–Crippen MR) is 92.0 cm³/mol. The number of aromatic amines is 1. The van der Waals surface area contributed by atoms with Gasteiger partial charge in [0.1, 0.15) is 5.82 Å². The van der Waals surface area contributed by atoms with Gasteiger partial charge in [0.25, 0.3) is 5.56 Å². The number of carbonyl (C=O) groups is 1. The van der Waals surface area contributed by atoms with Crippen LogP contribution in [0.4, 0.5) is 5.82 Å². The monoisotopic (exact) mass is 327 g/mol. The second-order valence-electron chi connectivity index (χ2n) is 5.45. The van der Waals surface area contributed by atoms with Crippen LogP contribution in [0, 0.1) is 6.92 Å². The van der Waals surface area contributed by atoms with Crippen molar-refractivity contribution in [1.82, 2.24) is 9.97 Å². The zero-order valence-electron chi connectivity index (χ0n) is 12.8. The van der Waals surface area contributed by atoms with E-state index in [1.807, 2.05) is 31.2 Å². The van der Waals surface area contributed by atoms with Gasteiger partial charge in [-0.2, -0.15) is 0 Å². The summed E-state index contributed by atoms with van der Waals surface area (Å²) >= 11 is 1.37. The Hall–Kier alpha value is -2.34. The molecule has 1 aromatic heterocycles. The molecule has 0 saturated carbocycles. The van der Waals surface area contributed by atoms with E-state index in [0.717, 1.165) is 11.1 Å². The fourth-order valence-electron chi connectivity index (χ4n) is 2.64. The molecule has 2 N–H and O–H groups in total. The van der Waals surface area contributed by atoms with Gasteiger partial charge < -0.3 is 10.3 Å². The minimum atomic E-state index is -0.269. The van der Waals surface area contributed by atoms with Gasteiger partial charge in [-0.05, 0) is 12.5 Å². The number of thioether (sulfide) groups is 1. The Morgan fingerprint density at radius 1 is 1.35 bits per heavy atom. The van der Waals surface area contributed by atoms with Crippen LogP contribution in [0.25, 0.3) is 0 Å². The zero-order valence-corrected chi connectivity index (χ0v) is 13.6. The topological polar surface area (TPSA) is 74.8 Å². The van der Waals surface area contributed by atoms with Gasteiger partial charge in [0.2, 0.25) is 5.91 Å². The van der Waals surface area contributed by atoms with Crippen LogP contribution in [0.5, 0.6) is 0 Å². The maximum absolute atomic E-state index is 12.5. The summed E-state index contributed by atoms with van der Waals surface area (Å²) in [4.78, 5) is 31.7. The average molecular weight is 327 g/mol. The van der Waals surface area contributed by atoms with Gasteiger partial charge in [0.15, 0.2) is 5.16 Å². The number of hydrogen-bond donors (Lipinski definition) is 2. The van der Waals surface area contributed by atoms with Crippen LogP contribution >= 0.6 is 11.8 Å². The van der Waals surface area contributed by atoms with Gasteiger partial charge in [-0.1, -0.05) is 47.7 Å². The van der Waals surface area contributed by atoms with Crippen molar-refractivity contribution < 1.29 is 4.79 Å². The summed E-state index contributed by atoms with van der Waals surface area (Å²) in [6.45, 7) is 5.65. The Balaban J connectivity index is 2.06. The number of anilines is 1. The highest BCUT2D eigenvalue weighted by molar-refractivity contribution is 7.99. The second kappa shape index (κ2) is 6.42. The average Bonchev–Trinajstić information content (AvgIpc) is 2.52. The molecule has 0 spiro atoms. The summed E-state index contributed by atoms with van der Waals surface area (Å²) in [5.74, 6) is 0.605. The number of H-pyrrole nitrogens is 1. The maximum atomic E-state index is 12.5. The molecule has 1 aliphatic heterocycles. The predicted octanol–water partition coefficient (Wildman–Crippen LogP) is 2.83. The molecule has 23 heavy (non-hydrogen) atoms. The first-order valence-corrected chi connectivity index (χ1v) is 8.31. The van der Waals surface area contributed by atoms with Gasteiger partial charge in [-0.15, -0.1) is 6.58 Å². The first kappa shape index (κ1) is 15.6. The lowest BCUT2D eigenvalue weighted by molar-refractivity contribution is -0.116. The highest BCUT2D eigenvalue weighted by Crippen LogP contribution is 2.34. The fraction of sp³-hybridized carbons (Fsp3) is 0.235. The number of nitrogens with zero attached hydrogens (tertiary/aromatic N) is 1. The van der Waals surface area contributed by atoms with E-state index >= 15 is 0 Å². The Bertz CT molecular complexity index is 812. The van der Waals surface area contributed by atoms with E-state index in [0.29, 0.717) is 22.3 Å². The van der Waals surface area contributed by atoms with Gasteiger partial charge in [0.05, 0.1) is 5.56 Å². The third-order valence-electron chi connectivity index (χ3n) is 3.75. The molecule has 0 fully saturated rings. The highest BCUT2D eigenvalue weighted by atomic mass is 32.2. The fourth-order valence-corrected chi connectivity index (χ4v) is 3.24. The van der Waals surface area contributed by atoms with Crippen LogP contribution in [0.3, 0.4) is 0 Å². The van der Waals surface area contributed by atoms with Crippen LogP contribution in [-0.4, -0.2) is 21.6 Å². The molecule has 1 atom stereocenters. The molecule has 3 rings (SSSR count). The van der Waals surface area contributed by atoms with Crippen molar-refractivity contribution >= 4 is 23.5 Å². The van der Waals surface area contributed by atoms with E-state index in [1.54, 1.807) is 6.08 Å². The number of fused-ring (bicyclic) bond motifs is 1. The quantitative estimate of drug-likeness (QED) is 0.514. The number of carbonyl (C=O) groups excluding carboxylic acids is 1. The summed E-state index contributed by atoms with van der Waals surface area (Å²) in [6, 6.07) is 7.89. The van der Waals surface area contributed by atoms with Gasteiger partial charge in [-0.3, -0.25) is 9.59 Å². The van der Waals surface area contributed by atoms with Crippen molar-refractivity contribution in [3.05, 3.63) is 64.0 Å². The molecule has 0 aliphatic carbocycles. The molecule has 1 aliphatic rings. The van der Waals surface area contributed by atoms with Crippen molar-refractivity contribution in [1.29, 1.82) is 0 Å². The van der Waals surface area contributed by atoms with Crippen LogP contribution in [0.15, 0.2) is 46.9 Å². The van der Waals surface area contributed by atoms with Crippen LogP contribution < -0.4 is 10.9 Å². The summed E-state index contributed by atoms with van der Waals surface area (Å²) in [7, 11) is 0. The normalized spacial score (nSPS) is 16.6. The van der Waals surface area contributed by atoms with E-state index in [4.69, 9.17) is 0 Å². The second-order valence-corrected chi connectivity index (χ2v) is 6.46. The number of nitrogens with one attached hydrogen (secondary N) is 2. The Morgan fingerprint density at radius 2 is 2.09 bits per heavy atom. The first-order valence-electron chi connectivity index (χ1n) is 7.33. The number of hydrogen-bond acceptors (Lipinski definition) is 4. The molecule has 0 radical (unpaired) electrons. The molecular formula is C17H17N3O2S. The zero-order chi connectivity index (χ0) is 16.4. The Kier molecular flexibility index (Phi) is 4.34. The minimum absolute atomic E-state index is 0.124. The third kappa shape index (κ3) is 3.22. The van der Waals surface area contributed by atoms with Crippen LogP contribution in [0.2, 0.25) is 0 Å². The van der Waals surface area contributed by atoms with Crippen LogP contribution in [0.1, 0.15) is 29.0 Å². The number of amides is 1. The molecule has 0 saturated heterocycles. The Labute approximate surface area is 138 Å². The van der Waals surface area contributed by atoms with Crippen molar-refractivity contribution in [2.24, 2.45) is 0 Å². The molecule has 2 aromatic rings. The van der Waals surface area contributed by atoms with E-state index in [9.17, 15) is 9.59 Å². The highest BCUT2D eigenvalue weighted by Gasteiger charge is 2.30. The molecule has 0 bridgehead atoms. The molecule has 1 amide bonds. The van der Waals surface area contributed by atoms with Crippen molar-refractivity contribution in [2.75, 3.05) is 11.1 Å². The van der Waals surface area contributed by atoms with Crippen molar-refractivity contribution in [3.63, 3.8) is 0 Å². The van der Waals surface area contributed by atoms with Crippen molar-refractivity contribution in [3.8, 4) is 0 Å². The number of rotatable bonds is 4. The Morgan fingerprint density at radius 3 is 2.78 bits per heavy atom. The lowest BCUT2D eigenvalue weighted by atomic mass is 9.86. The molecule has 1 aromatic carbocycles. The largest absolute Gasteiger partial charge is 0.310 e. The molecular weight excluding hydrogens is 310 g/mol. The maximum Gasteiger partial charge on any atom is 0.257 e. The summed E-state index contributed by atoms with van der Waals surface area (Å²) < 4.78 is 0. The summed E-state index contributed by atoms with van der Waals surface area (Å²) in [5, 5.41) is 3.20. The summed E-state index contributed by atoms with van der Waals surface area (Å²) in [6.07, 6.45) is 1.98. The van der Waals surface area contributed by atoms with E-state index in [2.05, 4.69) is 21.9 Å². The molecule has 2 heterocycles. The standard InChI is InChI=1S/C17H17N3O2S/c1-3-8-23-17-19-15-14(16(22)20-17)12(9-13(21)18-15)11-6-4-10(2)5-7-11/h3-7,12H,1,8-9H2,2H3,(H2,18,19,20,21,22)/t12-/m0/s1. The number of benzene rings is 1. The van der Waals surface area contributed by atoms with E-state index in [-0.39, 0.29) is 23.8 Å². The van der Waals surface area contributed by atoms with E-state index in [1.165, 1.54) is 11.8 Å². The lowest BCUT2D eigenvalue weighted by Gasteiger charge is -2.24. The lowest BCUT2D eigenvalue weighted by Crippen LogP contribution is -2.31. The smallest absolute Gasteiger partial charge is 0.257 e. The van der Waals surface area contributed by atoms with Gasteiger partial charge >= 0.3 is 0 Å². The number of aromatic nitrogens is 2. The molecule has 0 unspecified atom stereocenters. The number of aryl methyl sites for hydroxylation is 1. The molecule has 5 nitrogen and oxygen atoms in total. The third-order valence-corrected chi connectivity index (χ3v) is 4.62. The minimum Gasteiger partial charge on any atom is -0.310 e.